The van der Waals surface area contributed by atoms with Crippen molar-refractivity contribution < 1.29 is 14.6 Å². The van der Waals surface area contributed by atoms with E-state index < -0.39 is 5.97 Å². The van der Waals surface area contributed by atoms with Gasteiger partial charge in [0, 0.05) is 13.5 Å². The van der Waals surface area contributed by atoms with Crippen LogP contribution in [0.3, 0.4) is 0 Å². The van der Waals surface area contributed by atoms with Gasteiger partial charge in [-0.3, -0.25) is 4.79 Å². The molecule has 0 unspecified atom stereocenters. The summed E-state index contributed by atoms with van der Waals surface area (Å²) < 4.78 is 5.38. The third kappa shape index (κ3) is 5.32. The zero-order valence-corrected chi connectivity index (χ0v) is 11.4. The number of methoxy groups -OCH3 is 1. The van der Waals surface area contributed by atoms with Crippen LogP contribution in [0.2, 0.25) is 0 Å². The molecule has 0 saturated heterocycles. The smallest absolute Gasteiger partial charge is 0.303 e. The fourth-order valence-corrected chi connectivity index (χ4v) is 1.67. The first kappa shape index (κ1) is 14.7. The highest BCUT2D eigenvalue weighted by Crippen LogP contribution is 2.17. The molecule has 0 heterocycles. The molecule has 3 nitrogen and oxygen atoms in total. The molecular weight excluding hydrogens is 228 g/mol. The zero-order chi connectivity index (χ0) is 13.6. The topological polar surface area (TPSA) is 46.5 Å². The molecular formula is C15H22O3. The first-order valence-electron chi connectivity index (χ1n) is 6.28. The molecule has 0 atom stereocenters. The molecule has 18 heavy (non-hydrogen) atoms. The highest BCUT2D eigenvalue weighted by Gasteiger charge is 2.15. The summed E-state index contributed by atoms with van der Waals surface area (Å²) in [7, 11) is 1.73. The number of aliphatic carboxylic acids is 1. The number of hydrogen-bond donors (Lipinski definition) is 1. The first-order valence-corrected chi connectivity index (χ1v) is 6.28. The van der Waals surface area contributed by atoms with E-state index in [1.165, 1.54) is 5.56 Å². The Morgan fingerprint density at radius 1 is 1.17 bits per heavy atom. The van der Waals surface area contributed by atoms with E-state index in [-0.39, 0.29) is 12.0 Å². The van der Waals surface area contributed by atoms with Crippen LogP contribution in [0.5, 0.6) is 0 Å². The van der Waals surface area contributed by atoms with E-state index in [0.29, 0.717) is 6.42 Å². The van der Waals surface area contributed by atoms with Crippen LogP contribution in [-0.2, 0) is 22.4 Å². The van der Waals surface area contributed by atoms with Gasteiger partial charge in [0.2, 0.25) is 0 Å². The van der Waals surface area contributed by atoms with Gasteiger partial charge in [0.05, 0.1) is 5.60 Å². The van der Waals surface area contributed by atoms with Gasteiger partial charge in [0.25, 0.3) is 0 Å². The van der Waals surface area contributed by atoms with Crippen molar-refractivity contribution in [2.24, 2.45) is 0 Å². The monoisotopic (exact) mass is 250 g/mol. The predicted molar refractivity (Wildman–Crippen MR) is 71.8 cm³/mol. The SMILES string of the molecule is COC(C)(C)CCc1ccc(CCC(=O)O)cc1. The number of aryl methyl sites for hydroxylation is 2. The first-order chi connectivity index (χ1) is 8.43. The van der Waals surface area contributed by atoms with Crippen LogP contribution in [0, 0.1) is 0 Å². The molecule has 1 aromatic rings. The van der Waals surface area contributed by atoms with Gasteiger partial charge in [-0.15, -0.1) is 0 Å². The summed E-state index contributed by atoms with van der Waals surface area (Å²) in [4.78, 5) is 10.5. The van der Waals surface area contributed by atoms with E-state index in [1.54, 1.807) is 7.11 Å². The Kier molecular flexibility index (Phi) is 5.35. The normalized spacial score (nSPS) is 11.5. The Bertz CT molecular complexity index is 379. The van der Waals surface area contributed by atoms with Crippen LogP contribution in [0.15, 0.2) is 24.3 Å². The lowest BCUT2D eigenvalue weighted by molar-refractivity contribution is -0.136. The molecule has 1 aromatic carbocycles. The number of rotatable bonds is 7. The summed E-state index contributed by atoms with van der Waals surface area (Å²) in [5, 5.41) is 8.62. The van der Waals surface area contributed by atoms with Gasteiger partial charge in [-0.05, 0) is 44.2 Å². The Morgan fingerprint density at radius 3 is 2.11 bits per heavy atom. The highest BCUT2D eigenvalue weighted by molar-refractivity contribution is 5.67. The minimum Gasteiger partial charge on any atom is -0.481 e. The van der Waals surface area contributed by atoms with E-state index in [9.17, 15) is 4.79 Å². The van der Waals surface area contributed by atoms with Gasteiger partial charge in [0.1, 0.15) is 0 Å². The van der Waals surface area contributed by atoms with Crippen LogP contribution in [-0.4, -0.2) is 23.8 Å². The molecule has 0 aliphatic carbocycles. The van der Waals surface area contributed by atoms with Crippen molar-refractivity contribution in [2.75, 3.05) is 7.11 Å². The van der Waals surface area contributed by atoms with Crippen LogP contribution in [0.4, 0.5) is 0 Å². The molecule has 3 heteroatoms. The lowest BCUT2D eigenvalue weighted by atomic mass is 9.97. The zero-order valence-electron chi connectivity index (χ0n) is 11.4. The average molecular weight is 250 g/mol. The second kappa shape index (κ2) is 6.55. The second-order valence-electron chi connectivity index (χ2n) is 5.17. The van der Waals surface area contributed by atoms with Crippen molar-refractivity contribution in [2.45, 2.75) is 45.1 Å². The third-order valence-corrected chi connectivity index (χ3v) is 3.22. The van der Waals surface area contributed by atoms with Crippen molar-refractivity contribution in [3.63, 3.8) is 0 Å². The second-order valence-corrected chi connectivity index (χ2v) is 5.17. The summed E-state index contributed by atoms with van der Waals surface area (Å²) in [6.07, 6.45) is 2.73. The standard InChI is InChI=1S/C15H22O3/c1-15(2,18-3)11-10-13-6-4-12(5-7-13)8-9-14(16)17/h4-7H,8-11H2,1-3H3,(H,16,17). The molecule has 1 rings (SSSR count). The summed E-state index contributed by atoms with van der Waals surface area (Å²) in [6, 6.07) is 8.17. The van der Waals surface area contributed by atoms with Crippen molar-refractivity contribution in [1.29, 1.82) is 0 Å². The molecule has 0 spiro atoms. The minimum atomic E-state index is -0.749. The molecule has 0 aliphatic heterocycles. The number of benzene rings is 1. The summed E-state index contributed by atoms with van der Waals surface area (Å²) in [5.74, 6) is -0.749. The van der Waals surface area contributed by atoms with Gasteiger partial charge in [0.15, 0.2) is 0 Å². The predicted octanol–water partition coefficient (Wildman–Crippen LogP) is 3.06. The highest BCUT2D eigenvalue weighted by atomic mass is 16.5. The fraction of sp³-hybridized carbons (Fsp3) is 0.533. The van der Waals surface area contributed by atoms with E-state index in [2.05, 4.69) is 26.0 Å². The van der Waals surface area contributed by atoms with Gasteiger partial charge >= 0.3 is 5.97 Å². The fourth-order valence-electron chi connectivity index (χ4n) is 1.67. The Balaban J connectivity index is 2.47. The molecule has 0 saturated carbocycles. The quantitative estimate of drug-likeness (QED) is 0.809. The number of hydrogen-bond acceptors (Lipinski definition) is 2. The van der Waals surface area contributed by atoms with E-state index in [1.807, 2.05) is 12.1 Å². The maximum atomic E-state index is 10.5. The number of carbonyl (C=O) groups is 1. The van der Waals surface area contributed by atoms with Gasteiger partial charge < -0.3 is 9.84 Å². The van der Waals surface area contributed by atoms with Gasteiger partial charge in [-0.1, -0.05) is 24.3 Å². The van der Waals surface area contributed by atoms with E-state index in [4.69, 9.17) is 9.84 Å². The summed E-state index contributed by atoms with van der Waals surface area (Å²) in [5.41, 5.74) is 2.24. The van der Waals surface area contributed by atoms with E-state index >= 15 is 0 Å². The van der Waals surface area contributed by atoms with Crippen molar-refractivity contribution in [3.8, 4) is 0 Å². The van der Waals surface area contributed by atoms with Crippen molar-refractivity contribution >= 4 is 5.97 Å². The maximum absolute atomic E-state index is 10.5. The molecule has 0 aromatic heterocycles. The molecule has 1 N–H and O–H groups in total. The number of carboxylic acids is 1. The van der Waals surface area contributed by atoms with Crippen LogP contribution >= 0.6 is 0 Å². The number of ether oxygens (including phenoxy) is 1. The van der Waals surface area contributed by atoms with Gasteiger partial charge in [-0.2, -0.15) is 0 Å². The van der Waals surface area contributed by atoms with Gasteiger partial charge in [-0.25, -0.2) is 0 Å². The third-order valence-electron chi connectivity index (χ3n) is 3.22. The molecule has 0 radical (unpaired) electrons. The molecule has 0 fully saturated rings. The van der Waals surface area contributed by atoms with Crippen molar-refractivity contribution in [3.05, 3.63) is 35.4 Å². The lowest BCUT2D eigenvalue weighted by Gasteiger charge is -2.22. The molecule has 0 amide bonds. The van der Waals surface area contributed by atoms with Crippen LogP contribution in [0.25, 0.3) is 0 Å². The average Bonchev–Trinajstić information content (AvgIpc) is 2.35. The Labute approximate surface area is 109 Å². The molecule has 100 valence electrons. The Hall–Kier alpha value is -1.35. The van der Waals surface area contributed by atoms with Crippen LogP contribution in [0.1, 0.15) is 37.8 Å². The Morgan fingerprint density at radius 2 is 1.67 bits per heavy atom. The maximum Gasteiger partial charge on any atom is 0.303 e. The molecule has 0 aliphatic rings. The summed E-state index contributed by atoms with van der Waals surface area (Å²) >= 11 is 0. The van der Waals surface area contributed by atoms with Crippen molar-refractivity contribution in [1.82, 2.24) is 0 Å². The summed E-state index contributed by atoms with van der Waals surface area (Å²) in [6.45, 7) is 4.16. The van der Waals surface area contributed by atoms with E-state index in [0.717, 1.165) is 18.4 Å². The number of carboxylic acid groups (broad SMARTS) is 1. The molecule has 0 bridgehead atoms. The minimum absolute atomic E-state index is 0.0953. The van der Waals surface area contributed by atoms with Crippen LogP contribution < -0.4 is 0 Å². The lowest BCUT2D eigenvalue weighted by Crippen LogP contribution is -2.22. The largest absolute Gasteiger partial charge is 0.481 e.